The zero-order valence-corrected chi connectivity index (χ0v) is 42.5. The third kappa shape index (κ3) is 8.57. The molecule has 0 fully saturated rings. The number of carbonyl (C=O) groups excluding carboxylic acids is 4. The molecule has 388 valence electrons. The van der Waals surface area contributed by atoms with E-state index in [1.54, 1.807) is 25.1 Å². The minimum Gasteiger partial charge on any atom is -0.494 e. The Labute approximate surface area is 443 Å². The summed E-state index contributed by atoms with van der Waals surface area (Å²) in [5.74, 6) is 1.66. The van der Waals surface area contributed by atoms with Crippen molar-refractivity contribution in [3.8, 4) is 51.5 Å². The number of carbonyl (C=O) groups is 4. The summed E-state index contributed by atoms with van der Waals surface area (Å²) in [7, 11) is 2.99. The van der Waals surface area contributed by atoms with Crippen LogP contribution in [0.5, 0.6) is 11.5 Å². The fourth-order valence-electron chi connectivity index (χ4n) is 9.97. The second kappa shape index (κ2) is 20.0. The summed E-state index contributed by atoms with van der Waals surface area (Å²) in [5.41, 5.74) is 7.06. The fourth-order valence-corrected chi connectivity index (χ4v) is 9.97. The number of aromatic nitrogens is 15. The number of nitrogens with zero attached hydrogens (tertiary/aromatic N) is 15. The van der Waals surface area contributed by atoms with Crippen LogP contribution in [0.4, 0.5) is 0 Å². The summed E-state index contributed by atoms with van der Waals surface area (Å²) in [6.07, 6.45) is 9.68. The predicted molar refractivity (Wildman–Crippen MR) is 282 cm³/mol. The van der Waals surface area contributed by atoms with Crippen molar-refractivity contribution in [3.63, 3.8) is 0 Å². The van der Waals surface area contributed by atoms with Gasteiger partial charge in [0.25, 0.3) is 23.4 Å². The highest BCUT2D eigenvalue weighted by atomic mass is 16.5. The number of hydrogen-bond acceptors (Lipinski definition) is 15. The van der Waals surface area contributed by atoms with Crippen LogP contribution in [0.15, 0.2) is 128 Å². The van der Waals surface area contributed by atoms with Gasteiger partial charge >= 0.3 is 0 Å². The van der Waals surface area contributed by atoms with Gasteiger partial charge in [0.15, 0.2) is 23.3 Å². The first kappa shape index (κ1) is 48.5. The molecule has 0 bridgehead atoms. The van der Waals surface area contributed by atoms with E-state index < -0.39 is 23.4 Å². The summed E-state index contributed by atoms with van der Waals surface area (Å²) in [5, 5.41) is 23.1. The number of rotatable bonds is 11. The number of aromatic amines is 2. The average molecular weight is 1040 g/mol. The molecule has 2 aliphatic heterocycles. The van der Waals surface area contributed by atoms with Crippen molar-refractivity contribution in [1.29, 1.82) is 0 Å². The van der Waals surface area contributed by atoms with Crippen molar-refractivity contribution < 1.29 is 28.7 Å². The van der Waals surface area contributed by atoms with E-state index in [9.17, 15) is 19.2 Å². The van der Waals surface area contributed by atoms with Gasteiger partial charge in [0.1, 0.15) is 35.8 Å². The zero-order chi connectivity index (χ0) is 53.6. The van der Waals surface area contributed by atoms with Crippen molar-refractivity contribution in [2.75, 3.05) is 27.3 Å². The lowest BCUT2D eigenvalue weighted by molar-refractivity contribution is -0.128. The van der Waals surface area contributed by atoms with Gasteiger partial charge in [-0.1, -0.05) is 78.9 Å². The van der Waals surface area contributed by atoms with Crippen LogP contribution in [0.2, 0.25) is 0 Å². The highest BCUT2D eigenvalue weighted by molar-refractivity contribution is 6.46. The molecule has 11 aromatic rings. The number of methoxy groups -OCH3 is 2. The maximum atomic E-state index is 13.8. The van der Waals surface area contributed by atoms with E-state index in [-0.39, 0.29) is 24.2 Å². The summed E-state index contributed by atoms with van der Waals surface area (Å²) in [4.78, 5) is 80.7. The maximum Gasteiger partial charge on any atom is 0.295 e. The summed E-state index contributed by atoms with van der Waals surface area (Å²) >= 11 is 0. The van der Waals surface area contributed by atoms with Crippen LogP contribution in [0, 0.1) is 13.8 Å². The number of Topliss-reactive ketones (excluding diaryl/α,β-unsaturated/α-hetero) is 2. The Morgan fingerprint density at radius 3 is 1.63 bits per heavy atom. The standard InChI is InChI=1S/C31H26N8O3.C24H21N9O3/c1-19-34-18-38(35-19)30-28-26(25(42-2)16-33-30)22(15-32-28)29(40)31(41)37-14-13-24-23(17-37)27(20-9-5-3-6-10-20)36-39(24)21-11-7-4-8-12-21;1-14-27-13-33(30-14)23-20-19(17(36-2)11-26-23)16(10-25-20)21(34)24(35)31-8-9-32-18(12-31)28-29-22(32)15-6-4-3-5-7-15/h3-12,15-16,18,32H,13-14,17H2,1-2H3;3-7,10-11,13,25H,8-9,12H2,1-2H3. The molecule has 0 saturated carbocycles. The van der Waals surface area contributed by atoms with Crippen LogP contribution >= 0.6 is 0 Å². The molecule has 0 atom stereocenters. The van der Waals surface area contributed by atoms with E-state index in [2.05, 4.69) is 50.3 Å². The molecule has 78 heavy (non-hydrogen) atoms. The zero-order valence-electron chi connectivity index (χ0n) is 42.5. The first-order chi connectivity index (χ1) is 38.1. The quantitative estimate of drug-likeness (QED) is 0.111. The number of H-pyrrole nitrogens is 2. The number of nitrogens with one attached hydrogen (secondary N) is 2. The van der Waals surface area contributed by atoms with Gasteiger partial charge in [0.05, 0.1) is 89.7 Å². The molecule has 10 heterocycles. The van der Waals surface area contributed by atoms with Crippen molar-refractivity contribution in [2.45, 2.75) is 39.9 Å². The van der Waals surface area contributed by atoms with E-state index in [0.29, 0.717) is 88.5 Å². The number of amides is 2. The Balaban J connectivity index is 0.000000158. The fraction of sp³-hybridized carbons (Fsp3) is 0.182. The van der Waals surface area contributed by atoms with Gasteiger partial charge < -0.3 is 33.8 Å². The van der Waals surface area contributed by atoms with Gasteiger partial charge in [-0.3, -0.25) is 19.2 Å². The first-order valence-electron chi connectivity index (χ1n) is 24.8. The molecule has 0 unspecified atom stereocenters. The smallest absolute Gasteiger partial charge is 0.295 e. The van der Waals surface area contributed by atoms with Crippen molar-refractivity contribution in [1.82, 2.24) is 83.8 Å². The number of para-hydroxylation sites is 1. The molecule has 0 aliphatic carbocycles. The SMILES string of the molecule is COc1cnc(-n2cnc(C)n2)c2[nH]cc(C(=O)C(=O)N3CCc4c(c(-c5ccccc5)nn4-c4ccccc4)C3)c12.COc1cnc(-n2cnc(C)n2)c2[nH]cc(C(=O)C(=O)N3CCn4c(nnc4-c4ccccc4)C3)c12. The maximum absolute atomic E-state index is 13.8. The molecular weight excluding hydrogens is 995 g/mol. The van der Waals surface area contributed by atoms with Gasteiger partial charge in [0, 0.05) is 55.1 Å². The molecule has 23 nitrogen and oxygen atoms in total. The van der Waals surface area contributed by atoms with E-state index in [0.717, 1.165) is 39.6 Å². The van der Waals surface area contributed by atoms with Gasteiger partial charge in [-0.2, -0.15) is 15.3 Å². The van der Waals surface area contributed by atoms with Crippen molar-refractivity contribution in [2.24, 2.45) is 0 Å². The number of aryl methyl sites for hydroxylation is 2. The largest absolute Gasteiger partial charge is 0.494 e. The van der Waals surface area contributed by atoms with E-state index in [1.165, 1.54) is 59.6 Å². The Morgan fingerprint density at radius 1 is 0.577 bits per heavy atom. The molecule has 0 saturated heterocycles. The summed E-state index contributed by atoms with van der Waals surface area (Å²) < 4.78 is 18.0. The highest BCUT2D eigenvalue weighted by Gasteiger charge is 2.35. The first-order valence-corrected chi connectivity index (χ1v) is 24.8. The van der Waals surface area contributed by atoms with Crippen LogP contribution < -0.4 is 9.47 Å². The van der Waals surface area contributed by atoms with Gasteiger partial charge in [0.2, 0.25) is 0 Å². The van der Waals surface area contributed by atoms with Crippen LogP contribution in [-0.4, -0.2) is 134 Å². The number of fused-ring (bicyclic) bond motifs is 4. The highest BCUT2D eigenvalue weighted by Crippen LogP contribution is 2.36. The molecular formula is C55H47N17O6. The van der Waals surface area contributed by atoms with Crippen LogP contribution in [0.3, 0.4) is 0 Å². The molecule has 3 aromatic carbocycles. The third-order valence-electron chi connectivity index (χ3n) is 13.7. The minimum atomic E-state index is -0.650. The number of pyridine rings is 2. The van der Waals surface area contributed by atoms with E-state index in [4.69, 9.17) is 14.6 Å². The van der Waals surface area contributed by atoms with Crippen molar-refractivity contribution >= 4 is 45.2 Å². The van der Waals surface area contributed by atoms with E-state index >= 15 is 0 Å². The average Bonchev–Trinajstić information content (AvgIpc) is 4.46. The number of ether oxygens (including phenoxy) is 2. The minimum absolute atomic E-state index is 0.189. The van der Waals surface area contributed by atoms with Crippen LogP contribution in [0.1, 0.15) is 49.4 Å². The monoisotopic (exact) mass is 1040 g/mol. The molecule has 0 radical (unpaired) electrons. The number of ketones is 2. The lowest BCUT2D eigenvalue weighted by atomic mass is 9.99. The van der Waals surface area contributed by atoms with Crippen LogP contribution in [-0.2, 0) is 35.6 Å². The number of benzene rings is 3. The molecule has 2 N–H and O–H groups in total. The Bertz CT molecular complexity index is 4100. The second-order valence-corrected chi connectivity index (χ2v) is 18.4. The molecule has 23 heteroatoms. The predicted octanol–water partition coefficient (Wildman–Crippen LogP) is 6.03. The molecule has 0 spiro atoms. The summed E-state index contributed by atoms with van der Waals surface area (Å²) in [6.45, 7) is 5.23. The topological polar surface area (TPSA) is 261 Å². The van der Waals surface area contributed by atoms with E-state index in [1.807, 2.05) is 100 Å². The Kier molecular flexibility index (Phi) is 12.4. The Hall–Kier alpha value is -10.5. The second-order valence-electron chi connectivity index (χ2n) is 18.4. The molecule has 2 amide bonds. The molecule has 8 aromatic heterocycles. The van der Waals surface area contributed by atoms with Gasteiger partial charge in [-0.05, 0) is 26.0 Å². The lowest BCUT2D eigenvalue weighted by Gasteiger charge is -2.27. The normalized spacial score (nSPS) is 13.0. The van der Waals surface area contributed by atoms with Gasteiger partial charge in [-0.15, -0.1) is 10.2 Å². The van der Waals surface area contributed by atoms with Crippen LogP contribution in [0.25, 0.3) is 61.8 Å². The third-order valence-corrected chi connectivity index (χ3v) is 13.7. The molecule has 2 aliphatic rings. The lowest BCUT2D eigenvalue weighted by Crippen LogP contribution is -2.42. The van der Waals surface area contributed by atoms with Crippen molar-refractivity contribution in [3.05, 3.63) is 168 Å². The van der Waals surface area contributed by atoms with Gasteiger partial charge in [-0.25, -0.2) is 34.0 Å². The summed E-state index contributed by atoms with van der Waals surface area (Å²) in [6, 6.07) is 29.6. The Morgan fingerprint density at radius 2 is 1.10 bits per heavy atom. The molecule has 13 rings (SSSR count). The number of hydrogen-bond donors (Lipinski definition) is 2.